The SMILES string of the molecule is CC(Nc1ccc(N(C)C)cc1)c1ccc(C(=O)O)o1. The van der Waals surface area contributed by atoms with E-state index in [9.17, 15) is 4.79 Å². The quantitative estimate of drug-likeness (QED) is 0.876. The third-order valence-electron chi connectivity index (χ3n) is 3.03. The summed E-state index contributed by atoms with van der Waals surface area (Å²) in [4.78, 5) is 12.8. The van der Waals surface area contributed by atoms with Gasteiger partial charge in [-0.1, -0.05) is 0 Å². The lowest BCUT2D eigenvalue weighted by Gasteiger charge is -2.16. The fourth-order valence-electron chi connectivity index (χ4n) is 1.88. The van der Waals surface area contributed by atoms with Crippen molar-refractivity contribution < 1.29 is 14.3 Å². The number of carboxylic acids is 1. The third-order valence-corrected chi connectivity index (χ3v) is 3.03. The summed E-state index contributed by atoms with van der Waals surface area (Å²) in [6.45, 7) is 1.92. The molecule has 1 aromatic heterocycles. The standard InChI is InChI=1S/C15H18N2O3/c1-10(13-8-9-14(20-13)15(18)19)16-11-4-6-12(7-5-11)17(2)3/h4-10,16H,1-3H3,(H,18,19). The van der Waals surface area contributed by atoms with Crippen molar-refractivity contribution >= 4 is 17.3 Å². The topological polar surface area (TPSA) is 65.7 Å². The molecular formula is C15H18N2O3. The molecule has 0 fully saturated rings. The van der Waals surface area contributed by atoms with Gasteiger partial charge in [-0.15, -0.1) is 0 Å². The molecule has 0 saturated heterocycles. The Morgan fingerprint density at radius 3 is 2.35 bits per heavy atom. The summed E-state index contributed by atoms with van der Waals surface area (Å²) in [6.07, 6.45) is 0. The van der Waals surface area contributed by atoms with Crippen LogP contribution in [0.4, 0.5) is 11.4 Å². The number of furan rings is 1. The fourth-order valence-corrected chi connectivity index (χ4v) is 1.88. The van der Waals surface area contributed by atoms with Crippen LogP contribution in [0.5, 0.6) is 0 Å². The molecule has 0 aliphatic rings. The van der Waals surface area contributed by atoms with Gasteiger partial charge in [0, 0.05) is 25.5 Å². The van der Waals surface area contributed by atoms with E-state index in [2.05, 4.69) is 5.32 Å². The van der Waals surface area contributed by atoms with E-state index in [-0.39, 0.29) is 11.8 Å². The van der Waals surface area contributed by atoms with Gasteiger partial charge in [-0.3, -0.25) is 0 Å². The van der Waals surface area contributed by atoms with E-state index in [4.69, 9.17) is 9.52 Å². The number of carbonyl (C=O) groups is 1. The Morgan fingerprint density at radius 1 is 1.20 bits per heavy atom. The first-order valence-electron chi connectivity index (χ1n) is 6.34. The van der Waals surface area contributed by atoms with Crippen molar-refractivity contribution in [1.82, 2.24) is 0 Å². The molecule has 2 N–H and O–H groups in total. The van der Waals surface area contributed by atoms with Crippen molar-refractivity contribution in [2.45, 2.75) is 13.0 Å². The molecule has 1 aromatic carbocycles. The second-order valence-corrected chi connectivity index (χ2v) is 4.81. The highest BCUT2D eigenvalue weighted by atomic mass is 16.4. The summed E-state index contributed by atoms with van der Waals surface area (Å²) in [7, 11) is 3.97. The van der Waals surface area contributed by atoms with Gasteiger partial charge in [0.2, 0.25) is 5.76 Å². The average molecular weight is 274 g/mol. The van der Waals surface area contributed by atoms with E-state index in [0.717, 1.165) is 11.4 Å². The fraction of sp³-hybridized carbons (Fsp3) is 0.267. The Labute approximate surface area is 117 Å². The molecular weight excluding hydrogens is 256 g/mol. The highest BCUT2D eigenvalue weighted by Gasteiger charge is 2.14. The summed E-state index contributed by atoms with van der Waals surface area (Å²) in [5.41, 5.74) is 2.07. The molecule has 1 unspecified atom stereocenters. The lowest BCUT2D eigenvalue weighted by atomic mass is 10.2. The molecule has 5 heteroatoms. The first-order valence-corrected chi connectivity index (χ1v) is 6.34. The minimum atomic E-state index is -1.06. The summed E-state index contributed by atoms with van der Waals surface area (Å²) in [6, 6.07) is 11.0. The van der Waals surface area contributed by atoms with Gasteiger partial charge in [-0.25, -0.2) is 4.79 Å². The van der Waals surface area contributed by atoms with Gasteiger partial charge in [0.1, 0.15) is 5.76 Å². The largest absolute Gasteiger partial charge is 0.475 e. The van der Waals surface area contributed by atoms with Crippen LogP contribution in [0, 0.1) is 0 Å². The van der Waals surface area contributed by atoms with Crippen molar-refractivity contribution in [2.24, 2.45) is 0 Å². The summed E-state index contributed by atoms with van der Waals surface area (Å²) in [5.74, 6) is -0.505. The highest BCUT2D eigenvalue weighted by Crippen LogP contribution is 2.23. The minimum absolute atomic E-state index is 0.0448. The maximum absolute atomic E-state index is 10.8. The number of benzene rings is 1. The molecule has 1 heterocycles. The second-order valence-electron chi connectivity index (χ2n) is 4.81. The number of anilines is 2. The number of nitrogens with zero attached hydrogens (tertiary/aromatic N) is 1. The maximum Gasteiger partial charge on any atom is 0.371 e. The van der Waals surface area contributed by atoms with Crippen molar-refractivity contribution in [1.29, 1.82) is 0 Å². The molecule has 5 nitrogen and oxygen atoms in total. The summed E-state index contributed by atoms with van der Waals surface area (Å²) >= 11 is 0. The Morgan fingerprint density at radius 2 is 1.85 bits per heavy atom. The second kappa shape index (κ2) is 5.69. The molecule has 0 aliphatic heterocycles. The van der Waals surface area contributed by atoms with Gasteiger partial charge in [0.05, 0.1) is 6.04 Å². The number of hydrogen-bond donors (Lipinski definition) is 2. The van der Waals surface area contributed by atoms with E-state index in [1.54, 1.807) is 6.07 Å². The molecule has 20 heavy (non-hydrogen) atoms. The monoisotopic (exact) mass is 274 g/mol. The zero-order valence-electron chi connectivity index (χ0n) is 11.8. The van der Waals surface area contributed by atoms with Crippen molar-refractivity contribution in [3.63, 3.8) is 0 Å². The minimum Gasteiger partial charge on any atom is -0.475 e. The van der Waals surface area contributed by atoms with E-state index in [1.807, 2.05) is 50.2 Å². The first-order chi connectivity index (χ1) is 9.47. The maximum atomic E-state index is 10.8. The van der Waals surface area contributed by atoms with Crippen LogP contribution in [0.25, 0.3) is 0 Å². The Kier molecular flexibility index (Phi) is 3.98. The van der Waals surface area contributed by atoms with E-state index >= 15 is 0 Å². The Hall–Kier alpha value is -2.43. The average Bonchev–Trinajstić information content (AvgIpc) is 2.89. The van der Waals surface area contributed by atoms with Crippen LogP contribution >= 0.6 is 0 Å². The van der Waals surface area contributed by atoms with Gasteiger partial charge in [-0.05, 0) is 43.3 Å². The zero-order chi connectivity index (χ0) is 14.7. The van der Waals surface area contributed by atoms with Crippen LogP contribution in [0.2, 0.25) is 0 Å². The summed E-state index contributed by atoms with van der Waals surface area (Å²) in [5, 5.41) is 12.1. The molecule has 0 radical (unpaired) electrons. The number of rotatable bonds is 5. The predicted molar refractivity (Wildman–Crippen MR) is 78.5 cm³/mol. The molecule has 0 aliphatic carbocycles. The molecule has 2 rings (SSSR count). The molecule has 0 saturated carbocycles. The zero-order valence-corrected chi connectivity index (χ0v) is 11.8. The van der Waals surface area contributed by atoms with Crippen molar-refractivity contribution in [2.75, 3.05) is 24.3 Å². The number of nitrogens with one attached hydrogen (secondary N) is 1. The van der Waals surface area contributed by atoms with Crippen LogP contribution in [0.1, 0.15) is 29.3 Å². The van der Waals surface area contributed by atoms with Crippen molar-refractivity contribution in [3.05, 3.63) is 47.9 Å². The lowest BCUT2D eigenvalue weighted by Crippen LogP contribution is -2.09. The van der Waals surface area contributed by atoms with Crippen LogP contribution in [-0.4, -0.2) is 25.2 Å². The van der Waals surface area contributed by atoms with Gasteiger partial charge < -0.3 is 19.7 Å². The van der Waals surface area contributed by atoms with Crippen LogP contribution in [0.3, 0.4) is 0 Å². The van der Waals surface area contributed by atoms with Crippen molar-refractivity contribution in [3.8, 4) is 0 Å². The molecule has 1 atom stereocenters. The normalized spacial score (nSPS) is 11.9. The smallest absolute Gasteiger partial charge is 0.371 e. The van der Waals surface area contributed by atoms with Gasteiger partial charge >= 0.3 is 5.97 Å². The van der Waals surface area contributed by atoms with E-state index in [1.165, 1.54) is 6.07 Å². The Bertz CT molecular complexity index is 587. The van der Waals surface area contributed by atoms with Crippen LogP contribution in [0.15, 0.2) is 40.8 Å². The molecule has 0 bridgehead atoms. The van der Waals surface area contributed by atoms with Crippen LogP contribution < -0.4 is 10.2 Å². The Balaban J connectivity index is 2.06. The van der Waals surface area contributed by atoms with E-state index in [0.29, 0.717) is 5.76 Å². The number of carboxylic acid groups (broad SMARTS) is 1. The first kappa shape index (κ1) is 14.0. The number of hydrogen-bond acceptors (Lipinski definition) is 4. The molecule has 2 aromatic rings. The summed E-state index contributed by atoms with van der Waals surface area (Å²) < 4.78 is 5.27. The van der Waals surface area contributed by atoms with Gasteiger partial charge in [0.25, 0.3) is 0 Å². The van der Waals surface area contributed by atoms with Crippen LogP contribution in [-0.2, 0) is 0 Å². The van der Waals surface area contributed by atoms with E-state index < -0.39 is 5.97 Å². The lowest BCUT2D eigenvalue weighted by molar-refractivity contribution is 0.0660. The number of aromatic carboxylic acids is 1. The predicted octanol–water partition coefficient (Wildman–Crippen LogP) is 3.22. The molecule has 106 valence electrons. The molecule has 0 spiro atoms. The third kappa shape index (κ3) is 3.12. The molecule has 0 amide bonds. The van der Waals surface area contributed by atoms with Gasteiger partial charge in [0.15, 0.2) is 0 Å². The van der Waals surface area contributed by atoms with Gasteiger partial charge in [-0.2, -0.15) is 0 Å². The highest BCUT2D eigenvalue weighted by molar-refractivity contribution is 5.84.